The molecule has 120 valence electrons. The summed E-state index contributed by atoms with van der Waals surface area (Å²) in [5.74, 6) is 0.0534. The Morgan fingerprint density at radius 2 is 1.75 bits per heavy atom. The van der Waals surface area contributed by atoms with Gasteiger partial charge in [-0.2, -0.15) is 10.4 Å². The monoisotopic (exact) mass is 358 g/mol. The number of halogens is 1. The van der Waals surface area contributed by atoms with Crippen LogP contribution in [0.3, 0.4) is 0 Å². The lowest BCUT2D eigenvalue weighted by atomic mass is 10.1. The van der Waals surface area contributed by atoms with Crippen molar-refractivity contribution in [3.8, 4) is 17.2 Å². The second-order valence-corrected chi connectivity index (χ2v) is 6.98. The summed E-state index contributed by atoms with van der Waals surface area (Å²) in [5, 5.41) is 16.2. The number of benzene rings is 2. The number of hydrogen-bond acceptors (Lipinski definition) is 4. The number of sulfonamides is 1. The molecular weight excluding hydrogens is 348 g/mol. The molecule has 0 aliphatic carbocycles. The molecule has 0 saturated heterocycles. The van der Waals surface area contributed by atoms with Gasteiger partial charge in [0.05, 0.1) is 10.5 Å². The van der Waals surface area contributed by atoms with Gasteiger partial charge in [-0.3, -0.25) is 9.82 Å². The van der Waals surface area contributed by atoms with Gasteiger partial charge in [0.25, 0.3) is 10.0 Å². The Bertz CT molecular complexity index is 1010. The summed E-state index contributed by atoms with van der Waals surface area (Å²) in [4.78, 5) is 0.105. The molecule has 0 aliphatic rings. The van der Waals surface area contributed by atoms with Crippen molar-refractivity contribution in [1.29, 1.82) is 5.26 Å². The first-order chi connectivity index (χ1) is 11.5. The predicted octanol–water partition coefficient (Wildman–Crippen LogP) is 3.40. The number of H-pyrrole nitrogens is 1. The van der Waals surface area contributed by atoms with Gasteiger partial charge in [0.2, 0.25) is 0 Å². The second-order valence-electron chi connectivity index (χ2n) is 4.86. The van der Waals surface area contributed by atoms with Gasteiger partial charge in [-0.25, -0.2) is 8.42 Å². The molecule has 8 heteroatoms. The maximum atomic E-state index is 12.5. The van der Waals surface area contributed by atoms with Crippen molar-refractivity contribution in [2.24, 2.45) is 0 Å². The number of anilines is 1. The Hall–Kier alpha value is -2.82. The highest BCUT2D eigenvalue weighted by molar-refractivity contribution is 7.92. The number of aromatic amines is 1. The molecule has 0 fully saturated rings. The van der Waals surface area contributed by atoms with Crippen molar-refractivity contribution in [3.05, 3.63) is 65.3 Å². The summed E-state index contributed by atoms with van der Waals surface area (Å²) in [6.45, 7) is 0. The normalized spacial score (nSPS) is 11.0. The fourth-order valence-corrected chi connectivity index (χ4v) is 3.34. The third kappa shape index (κ3) is 3.11. The minimum absolute atomic E-state index is 0.0534. The molecule has 0 radical (unpaired) electrons. The molecule has 0 bridgehead atoms. The van der Waals surface area contributed by atoms with E-state index in [-0.39, 0.29) is 16.4 Å². The summed E-state index contributed by atoms with van der Waals surface area (Å²) in [5.41, 5.74) is 1.15. The average Bonchev–Trinajstić information content (AvgIpc) is 2.98. The first-order valence-corrected chi connectivity index (χ1v) is 8.69. The van der Waals surface area contributed by atoms with Crippen molar-refractivity contribution >= 4 is 27.4 Å². The number of nitrogens with one attached hydrogen (secondary N) is 2. The van der Waals surface area contributed by atoms with E-state index in [1.165, 1.54) is 12.1 Å². The smallest absolute Gasteiger partial charge is 0.263 e. The molecule has 24 heavy (non-hydrogen) atoms. The highest BCUT2D eigenvalue weighted by Gasteiger charge is 2.21. The first-order valence-electron chi connectivity index (χ1n) is 6.83. The maximum absolute atomic E-state index is 12.5. The van der Waals surface area contributed by atoms with E-state index in [9.17, 15) is 13.7 Å². The van der Waals surface area contributed by atoms with Gasteiger partial charge < -0.3 is 0 Å². The summed E-state index contributed by atoms with van der Waals surface area (Å²) in [6, 6.07) is 16.6. The van der Waals surface area contributed by atoms with E-state index < -0.39 is 10.0 Å². The van der Waals surface area contributed by atoms with Crippen LogP contribution in [-0.4, -0.2) is 18.6 Å². The Kier molecular flexibility index (Phi) is 4.25. The van der Waals surface area contributed by atoms with Gasteiger partial charge in [-0.05, 0) is 29.8 Å². The van der Waals surface area contributed by atoms with Crippen LogP contribution in [0, 0.1) is 11.3 Å². The van der Waals surface area contributed by atoms with Gasteiger partial charge in [-0.1, -0.05) is 41.9 Å². The number of aromatic nitrogens is 2. The van der Waals surface area contributed by atoms with Gasteiger partial charge in [0.15, 0.2) is 5.82 Å². The van der Waals surface area contributed by atoms with Crippen molar-refractivity contribution in [2.75, 3.05) is 4.72 Å². The molecule has 3 aromatic rings. The van der Waals surface area contributed by atoms with E-state index in [4.69, 9.17) is 11.6 Å². The van der Waals surface area contributed by atoms with Gasteiger partial charge >= 0.3 is 0 Å². The topological polar surface area (TPSA) is 98.6 Å². The van der Waals surface area contributed by atoms with E-state index in [1.807, 2.05) is 6.07 Å². The van der Waals surface area contributed by atoms with Crippen LogP contribution >= 0.6 is 11.6 Å². The highest BCUT2D eigenvalue weighted by atomic mass is 35.5. The van der Waals surface area contributed by atoms with Crippen LogP contribution in [0.4, 0.5) is 5.82 Å². The highest BCUT2D eigenvalue weighted by Crippen LogP contribution is 2.31. The largest absolute Gasteiger partial charge is 0.265 e. The van der Waals surface area contributed by atoms with Gasteiger partial charge in [0.1, 0.15) is 11.8 Å². The lowest BCUT2D eigenvalue weighted by molar-refractivity contribution is 0.601. The molecule has 0 unspecified atom stereocenters. The van der Waals surface area contributed by atoms with Crippen LogP contribution in [0.1, 0.15) is 5.69 Å². The van der Waals surface area contributed by atoms with E-state index in [0.717, 1.165) is 0 Å². The molecule has 0 spiro atoms. The number of hydrogen-bond donors (Lipinski definition) is 2. The molecule has 3 rings (SSSR count). The minimum atomic E-state index is -3.81. The fourth-order valence-electron chi connectivity index (χ4n) is 2.18. The zero-order valence-electron chi connectivity index (χ0n) is 12.2. The van der Waals surface area contributed by atoms with Crippen molar-refractivity contribution < 1.29 is 8.42 Å². The molecule has 0 amide bonds. The number of nitriles is 1. The minimum Gasteiger partial charge on any atom is -0.265 e. The van der Waals surface area contributed by atoms with Crippen molar-refractivity contribution in [2.45, 2.75) is 4.90 Å². The molecule has 2 N–H and O–H groups in total. The van der Waals surface area contributed by atoms with E-state index in [1.54, 1.807) is 42.5 Å². The van der Waals surface area contributed by atoms with E-state index in [2.05, 4.69) is 14.9 Å². The lowest BCUT2D eigenvalue weighted by Crippen LogP contribution is -2.13. The summed E-state index contributed by atoms with van der Waals surface area (Å²) in [6.07, 6.45) is 0. The Morgan fingerprint density at radius 1 is 1.08 bits per heavy atom. The Balaban J connectivity index is 2.06. The van der Waals surface area contributed by atoms with E-state index in [0.29, 0.717) is 16.1 Å². The van der Waals surface area contributed by atoms with E-state index >= 15 is 0 Å². The number of rotatable bonds is 4. The standard InChI is InChI=1S/C16H11ClN4O2S/c17-12-8-6-11(7-9-12)15-14(10-18)19-20-16(15)21-24(22,23)13-4-2-1-3-5-13/h1-9H,(H2,19,20,21). The molecule has 1 aromatic heterocycles. The SMILES string of the molecule is N#Cc1[nH]nc(NS(=O)(=O)c2ccccc2)c1-c1ccc(Cl)cc1. The number of nitrogens with zero attached hydrogens (tertiary/aromatic N) is 2. The molecular formula is C16H11ClN4O2S. The zero-order chi connectivity index (χ0) is 17.2. The molecule has 1 heterocycles. The van der Waals surface area contributed by atoms with Crippen molar-refractivity contribution in [3.63, 3.8) is 0 Å². The van der Waals surface area contributed by atoms with Gasteiger partial charge in [-0.15, -0.1) is 0 Å². The predicted molar refractivity (Wildman–Crippen MR) is 91.0 cm³/mol. The Morgan fingerprint density at radius 3 is 2.38 bits per heavy atom. The molecule has 0 saturated carbocycles. The van der Waals surface area contributed by atoms with Crippen LogP contribution in [0.5, 0.6) is 0 Å². The second kappa shape index (κ2) is 6.35. The summed E-state index contributed by atoms with van der Waals surface area (Å²) < 4.78 is 27.4. The third-order valence-electron chi connectivity index (χ3n) is 3.30. The molecule has 0 atom stereocenters. The van der Waals surface area contributed by atoms with Crippen LogP contribution < -0.4 is 4.72 Å². The quantitative estimate of drug-likeness (QED) is 0.746. The van der Waals surface area contributed by atoms with Gasteiger partial charge in [0, 0.05) is 5.02 Å². The summed E-state index contributed by atoms with van der Waals surface area (Å²) in [7, 11) is -3.81. The average molecular weight is 359 g/mol. The Labute approximate surface area is 143 Å². The molecule has 0 aliphatic heterocycles. The van der Waals surface area contributed by atoms with Crippen LogP contribution in [-0.2, 0) is 10.0 Å². The third-order valence-corrected chi connectivity index (χ3v) is 4.90. The summed E-state index contributed by atoms with van der Waals surface area (Å²) >= 11 is 5.87. The zero-order valence-corrected chi connectivity index (χ0v) is 13.8. The lowest BCUT2D eigenvalue weighted by Gasteiger charge is -2.08. The molecule has 2 aromatic carbocycles. The fraction of sp³-hybridized carbons (Fsp3) is 0. The maximum Gasteiger partial charge on any atom is 0.263 e. The molecule has 6 nitrogen and oxygen atoms in total. The first kappa shape index (κ1) is 16.1. The van der Waals surface area contributed by atoms with Crippen LogP contribution in [0.2, 0.25) is 5.02 Å². The van der Waals surface area contributed by atoms with Crippen LogP contribution in [0.15, 0.2) is 59.5 Å². The van der Waals surface area contributed by atoms with Crippen LogP contribution in [0.25, 0.3) is 11.1 Å². The van der Waals surface area contributed by atoms with Crippen molar-refractivity contribution in [1.82, 2.24) is 10.2 Å².